The first-order valence-corrected chi connectivity index (χ1v) is 10.2. The van der Waals surface area contributed by atoms with E-state index in [2.05, 4.69) is 6.58 Å². The van der Waals surface area contributed by atoms with Gasteiger partial charge in [0.1, 0.15) is 6.07 Å². The van der Waals surface area contributed by atoms with Crippen molar-refractivity contribution in [3.63, 3.8) is 0 Å². The number of hydrogen-bond donors (Lipinski definition) is 0. The Morgan fingerprint density at radius 1 is 1.17 bits per heavy atom. The number of allylic oxidation sites excluding steroid dienone is 4. The minimum Gasteiger partial charge on any atom is -0.224 e. The molecule has 0 aliphatic heterocycles. The quantitative estimate of drug-likeness (QED) is 0.776. The Balaban J connectivity index is 0.000000423. The van der Waals surface area contributed by atoms with Gasteiger partial charge in [-0.1, -0.05) is 36.9 Å². The second-order valence-corrected chi connectivity index (χ2v) is 8.45. The Hall–Kier alpha value is -2.17. The first kappa shape index (κ1) is 20.8. The number of nitriles is 1. The molecule has 0 bridgehead atoms. The number of nitrogens with zero attached hydrogens (tertiary/aromatic N) is 1. The van der Waals surface area contributed by atoms with E-state index >= 15 is 0 Å². The van der Waals surface area contributed by atoms with Crippen molar-refractivity contribution in [1.82, 2.24) is 0 Å². The number of hydrogen-bond acceptors (Lipinski definition) is 5. The van der Waals surface area contributed by atoms with E-state index in [0.717, 1.165) is 12.5 Å². The van der Waals surface area contributed by atoms with Crippen molar-refractivity contribution in [2.24, 2.45) is 0 Å². The molecule has 0 saturated carbocycles. The van der Waals surface area contributed by atoms with Gasteiger partial charge in [0.15, 0.2) is 19.7 Å². The van der Waals surface area contributed by atoms with Gasteiger partial charge in [-0.05, 0) is 25.1 Å². The Morgan fingerprint density at radius 2 is 1.74 bits per heavy atom. The van der Waals surface area contributed by atoms with Crippen LogP contribution in [0, 0.1) is 11.3 Å². The lowest BCUT2D eigenvalue weighted by Gasteiger charge is -1.98. The third-order valence-corrected chi connectivity index (χ3v) is 4.80. The van der Waals surface area contributed by atoms with Crippen LogP contribution in [0.2, 0.25) is 0 Å². The first-order valence-electron chi connectivity index (χ1n) is 6.42. The van der Waals surface area contributed by atoms with Crippen LogP contribution in [0.1, 0.15) is 12.5 Å². The molecule has 7 heteroatoms. The van der Waals surface area contributed by atoms with E-state index in [-0.39, 0.29) is 15.4 Å². The van der Waals surface area contributed by atoms with Crippen LogP contribution in [-0.2, 0) is 19.7 Å². The van der Waals surface area contributed by atoms with Crippen molar-refractivity contribution in [2.45, 2.75) is 11.8 Å². The summed E-state index contributed by atoms with van der Waals surface area (Å²) in [7, 11) is -6.36. The van der Waals surface area contributed by atoms with Gasteiger partial charge in [0.05, 0.1) is 15.4 Å². The fourth-order valence-corrected chi connectivity index (χ4v) is 2.88. The predicted molar refractivity (Wildman–Crippen MR) is 92.2 cm³/mol. The third-order valence-electron chi connectivity index (χ3n) is 2.49. The molecule has 0 heterocycles. The van der Waals surface area contributed by atoms with Crippen molar-refractivity contribution in [1.29, 1.82) is 5.26 Å². The van der Waals surface area contributed by atoms with Crippen LogP contribution in [0.15, 0.2) is 64.9 Å². The highest BCUT2D eigenvalue weighted by molar-refractivity contribution is 7.94. The minimum atomic E-state index is -3.27. The van der Waals surface area contributed by atoms with E-state index in [1.807, 2.05) is 13.0 Å². The molecular formula is C16H19NO4S2. The normalized spacial score (nSPS) is 12.2. The van der Waals surface area contributed by atoms with Crippen molar-refractivity contribution < 1.29 is 16.8 Å². The monoisotopic (exact) mass is 353 g/mol. The predicted octanol–water partition coefficient (Wildman–Crippen LogP) is 2.64. The summed E-state index contributed by atoms with van der Waals surface area (Å²) in [6.45, 7) is 5.22. The van der Waals surface area contributed by atoms with Gasteiger partial charge in [-0.3, -0.25) is 0 Å². The zero-order valence-corrected chi connectivity index (χ0v) is 14.9. The van der Waals surface area contributed by atoms with Gasteiger partial charge in [0.25, 0.3) is 0 Å². The molecular weight excluding hydrogens is 334 g/mol. The largest absolute Gasteiger partial charge is 0.224 e. The first-order chi connectivity index (χ1) is 10.6. The lowest BCUT2D eigenvalue weighted by molar-refractivity contribution is 0.601. The van der Waals surface area contributed by atoms with Gasteiger partial charge in [0.2, 0.25) is 0 Å². The topological polar surface area (TPSA) is 92.1 Å². The molecule has 0 unspecified atom stereocenters. The lowest BCUT2D eigenvalue weighted by Crippen LogP contribution is -1.99. The molecule has 1 aromatic carbocycles. The van der Waals surface area contributed by atoms with E-state index in [1.165, 1.54) is 24.3 Å². The number of sulfone groups is 2. The molecule has 0 spiro atoms. The van der Waals surface area contributed by atoms with Crippen LogP contribution in [-0.4, -0.2) is 29.3 Å². The average Bonchev–Trinajstić information content (AvgIpc) is 2.46. The molecule has 0 aliphatic rings. The highest BCUT2D eigenvalue weighted by atomic mass is 32.2. The Morgan fingerprint density at radius 3 is 2.09 bits per heavy atom. The Bertz CT molecular complexity index is 856. The number of benzene rings is 1. The van der Waals surface area contributed by atoms with E-state index in [1.54, 1.807) is 24.3 Å². The second kappa shape index (κ2) is 9.08. The van der Waals surface area contributed by atoms with Gasteiger partial charge in [-0.15, -0.1) is 0 Å². The molecule has 124 valence electrons. The molecule has 0 saturated heterocycles. The smallest absolute Gasteiger partial charge is 0.176 e. The highest BCUT2D eigenvalue weighted by Gasteiger charge is 2.11. The molecule has 0 amide bonds. The van der Waals surface area contributed by atoms with Gasteiger partial charge >= 0.3 is 0 Å². The molecule has 0 atom stereocenters. The molecule has 0 N–H and O–H groups in total. The zero-order valence-electron chi connectivity index (χ0n) is 13.2. The molecule has 0 radical (unpaired) electrons. The maximum atomic E-state index is 11.1. The van der Waals surface area contributed by atoms with Crippen LogP contribution in [0.25, 0.3) is 0 Å². The highest BCUT2D eigenvalue weighted by Crippen LogP contribution is 2.13. The molecule has 0 aromatic heterocycles. The van der Waals surface area contributed by atoms with Crippen molar-refractivity contribution in [3.05, 3.63) is 65.6 Å². The van der Waals surface area contributed by atoms with Crippen molar-refractivity contribution in [3.8, 4) is 6.07 Å². The molecule has 5 nitrogen and oxygen atoms in total. The van der Waals surface area contributed by atoms with Crippen LogP contribution < -0.4 is 0 Å². The minimum absolute atomic E-state index is 0.0903. The molecule has 0 fully saturated rings. The summed E-state index contributed by atoms with van der Waals surface area (Å²) >= 11 is 0. The van der Waals surface area contributed by atoms with E-state index in [4.69, 9.17) is 5.26 Å². The van der Waals surface area contributed by atoms with Crippen LogP contribution >= 0.6 is 0 Å². The Kier molecular flexibility index (Phi) is 8.22. The van der Waals surface area contributed by atoms with E-state index in [9.17, 15) is 16.8 Å². The summed E-state index contributed by atoms with van der Waals surface area (Å²) < 4.78 is 43.9. The standard InChI is InChI=1S/C8H7NO2S.C8H12O2S/c1-12(10,11)8-5-3-2-4-7(8)6-9;1-4-6-7-8(5-2)11(3,9)10/h2-5H,1H3;4-7H,2H2,1,3H3/b;6-4-,8-7+. The molecule has 1 rings (SSSR count). The van der Waals surface area contributed by atoms with Crippen LogP contribution in [0.3, 0.4) is 0 Å². The summed E-state index contributed by atoms with van der Waals surface area (Å²) in [4.78, 5) is 0.336. The molecule has 23 heavy (non-hydrogen) atoms. The third kappa shape index (κ3) is 7.58. The summed E-state index contributed by atoms with van der Waals surface area (Å²) in [5.41, 5.74) is 0.194. The summed E-state index contributed by atoms with van der Waals surface area (Å²) in [6, 6.07) is 7.96. The van der Waals surface area contributed by atoms with Crippen LogP contribution in [0.5, 0.6) is 0 Å². The van der Waals surface area contributed by atoms with Crippen LogP contribution in [0.4, 0.5) is 0 Å². The average molecular weight is 353 g/mol. The Labute approximate surface area is 138 Å². The lowest BCUT2D eigenvalue weighted by atomic mass is 10.2. The maximum Gasteiger partial charge on any atom is 0.176 e. The maximum absolute atomic E-state index is 11.1. The van der Waals surface area contributed by atoms with Crippen molar-refractivity contribution in [2.75, 3.05) is 12.5 Å². The molecule has 0 aliphatic carbocycles. The summed E-state index contributed by atoms with van der Waals surface area (Å²) in [5, 5.41) is 8.57. The van der Waals surface area contributed by atoms with Gasteiger partial charge in [-0.25, -0.2) is 16.8 Å². The van der Waals surface area contributed by atoms with E-state index < -0.39 is 19.7 Å². The van der Waals surface area contributed by atoms with Crippen molar-refractivity contribution >= 4 is 19.7 Å². The fraction of sp³-hybridized carbons (Fsp3) is 0.188. The molecule has 1 aromatic rings. The second-order valence-electron chi connectivity index (χ2n) is 4.45. The SMILES string of the molecule is C=C/C(=C\C=C/C)S(C)(=O)=O.CS(=O)(=O)c1ccccc1C#N. The fourth-order valence-electron chi connectivity index (χ4n) is 1.42. The zero-order chi connectivity index (χ0) is 18.1. The summed E-state index contributed by atoms with van der Waals surface area (Å²) in [5.74, 6) is 0. The van der Waals surface area contributed by atoms with Gasteiger partial charge < -0.3 is 0 Å². The summed E-state index contributed by atoms with van der Waals surface area (Å²) in [6.07, 6.45) is 8.51. The van der Waals surface area contributed by atoms with Gasteiger partial charge in [-0.2, -0.15) is 5.26 Å². The van der Waals surface area contributed by atoms with E-state index in [0.29, 0.717) is 0 Å². The van der Waals surface area contributed by atoms with Gasteiger partial charge in [0, 0.05) is 12.5 Å². The number of rotatable bonds is 4.